The third-order valence-corrected chi connectivity index (χ3v) is 2.76. The van der Waals surface area contributed by atoms with Gasteiger partial charge in [-0.2, -0.15) is 0 Å². The summed E-state index contributed by atoms with van der Waals surface area (Å²) in [4.78, 5) is 11.6. The van der Waals surface area contributed by atoms with Gasteiger partial charge in [0.1, 0.15) is 5.78 Å². The number of hydrogen-bond donors (Lipinski definition) is 2. The first-order valence-electron chi connectivity index (χ1n) is 5.15. The zero-order valence-corrected chi connectivity index (χ0v) is 8.60. The lowest BCUT2D eigenvalue weighted by atomic mass is 9.83. The molecule has 0 aliphatic heterocycles. The summed E-state index contributed by atoms with van der Waals surface area (Å²) in [6.45, 7) is 0. The van der Waals surface area contributed by atoms with Crippen LogP contribution in [0.3, 0.4) is 0 Å². The van der Waals surface area contributed by atoms with E-state index in [9.17, 15) is 4.79 Å². The molecule has 2 N–H and O–H groups in total. The zero-order valence-electron chi connectivity index (χ0n) is 8.60. The van der Waals surface area contributed by atoms with Crippen molar-refractivity contribution in [1.29, 1.82) is 0 Å². The van der Waals surface area contributed by atoms with Gasteiger partial charge in [0.15, 0.2) is 0 Å². The lowest BCUT2D eigenvalue weighted by Crippen LogP contribution is -2.16. The molecule has 1 saturated carbocycles. The molecule has 0 radical (unpaired) electrons. The van der Waals surface area contributed by atoms with Crippen LogP contribution < -0.4 is 0 Å². The van der Waals surface area contributed by atoms with Crippen molar-refractivity contribution in [2.45, 2.75) is 31.6 Å². The predicted octanol–water partition coefficient (Wildman–Crippen LogP) is 2.93. The van der Waals surface area contributed by atoms with Gasteiger partial charge < -0.3 is 0 Å². The van der Waals surface area contributed by atoms with Crippen LogP contribution in [-0.2, 0) is 4.79 Å². The molecule has 0 bridgehead atoms. The second-order valence-corrected chi connectivity index (χ2v) is 3.68. The molecule has 82 valence electrons. The SMILES string of the molecule is O=C1CCCCC1c1ccccc1.OO. The van der Waals surface area contributed by atoms with Gasteiger partial charge in [-0.15, -0.1) is 0 Å². The Labute approximate surface area is 89.3 Å². The van der Waals surface area contributed by atoms with E-state index in [1.54, 1.807) is 0 Å². The van der Waals surface area contributed by atoms with Crippen molar-refractivity contribution in [2.24, 2.45) is 0 Å². The summed E-state index contributed by atoms with van der Waals surface area (Å²) in [6.07, 6.45) is 4.11. The summed E-state index contributed by atoms with van der Waals surface area (Å²) >= 11 is 0. The Bertz CT molecular complexity index is 295. The lowest BCUT2D eigenvalue weighted by molar-refractivity contribution is -0.176. The van der Waals surface area contributed by atoms with Crippen LogP contribution in [0.4, 0.5) is 0 Å². The van der Waals surface area contributed by atoms with Crippen molar-refractivity contribution in [3.63, 3.8) is 0 Å². The Hall–Kier alpha value is -1.19. The smallest absolute Gasteiger partial charge is 0.140 e. The van der Waals surface area contributed by atoms with E-state index in [0.29, 0.717) is 5.78 Å². The van der Waals surface area contributed by atoms with Gasteiger partial charge in [-0.1, -0.05) is 36.8 Å². The van der Waals surface area contributed by atoms with Crippen LogP contribution >= 0.6 is 0 Å². The van der Waals surface area contributed by atoms with Gasteiger partial charge in [0.05, 0.1) is 0 Å². The molecule has 1 aromatic carbocycles. The van der Waals surface area contributed by atoms with E-state index in [0.717, 1.165) is 19.3 Å². The molecule has 0 saturated heterocycles. The fraction of sp³-hybridized carbons (Fsp3) is 0.417. The molecule has 1 aliphatic rings. The predicted molar refractivity (Wildman–Crippen MR) is 57.9 cm³/mol. The van der Waals surface area contributed by atoms with E-state index in [2.05, 4.69) is 12.1 Å². The quantitative estimate of drug-likeness (QED) is 0.551. The van der Waals surface area contributed by atoms with Crippen molar-refractivity contribution < 1.29 is 15.3 Å². The molecular formula is C12H16O3. The highest BCUT2D eigenvalue weighted by molar-refractivity contribution is 5.86. The molecule has 0 amide bonds. The van der Waals surface area contributed by atoms with Gasteiger partial charge in [-0.05, 0) is 18.4 Å². The normalized spacial score (nSPS) is 20.4. The minimum Gasteiger partial charge on any atom is -0.299 e. The largest absolute Gasteiger partial charge is 0.299 e. The van der Waals surface area contributed by atoms with Gasteiger partial charge in [0.25, 0.3) is 0 Å². The van der Waals surface area contributed by atoms with E-state index in [4.69, 9.17) is 10.5 Å². The molecule has 0 spiro atoms. The van der Waals surface area contributed by atoms with E-state index in [1.807, 2.05) is 18.2 Å². The first kappa shape index (κ1) is 11.9. The molecule has 0 aromatic heterocycles. The first-order chi connectivity index (χ1) is 7.38. The van der Waals surface area contributed by atoms with Gasteiger partial charge in [-0.3, -0.25) is 15.3 Å². The Morgan fingerprint density at radius 1 is 1.07 bits per heavy atom. The van der Waals surface area contributed by atoms with Gasteiger partial charge >= 0.3 is 0 Å². The van der Waals surface area contributed by atoms with Crippen LogP contribution in [0.2, 0.25) is 0 Å². The average Bonchev–Trinajstić information content (AvgIpc) is 2.33. The number of ketones is 1. The maximum absolute atomic E-state index is 11.6. The van der Waals surface area contributed by atoms with Crippen molar-refractivity contribution in [1.82, 2.24) is 0 Å². The molecule has 2 rings (SSSR count). The number of benzene rings is 1. The monoisotopic (exact) mass is 208 g/mol. The maximum Gasteiger partial charge on any atom is 0.140 e. The molecule has 1 fully saturated rings. The number of carbonyl (C=O) groups is 1. The van der Waals surface area contributed by atoms with E-state index >= 15 is 0 Å². The Morgan fingerprint density at radius 3 is 2.33 bits per heavy atom. The maximum atomic E-state index is 11.6. The summed E-state index contributed by atoms with van der Waals surface area (Å²) < 4.78 is 0. The fourth-order valence-corrected chi connectivity index (χ4v) is 2.02. The summed E-state index contributed by atoms with van der Waals surface area (Å²) in [5, 5.41) is 12.0. The topological polar surface area (TPSA) is 57.5 Å². The molecule has 1 atom stereocenters. The zero-order chi connectivity index (χ0) is 11.1. The first-order valence-corrected chi connectivity index (χ1v) is 5.15. The summed E-state index contributed by atoms with van der Waals surface area (Å²) in [6, 6.07) is 10.1. The number of hydrogen-bond acceptors (Lipinski definition) is 3. The minimum atomic E-state index is 0.190. The third-order valence-electron chi connectivity index (χ3n) is 2.76. The number of carbonyl (C=O) groups excluding carboxylic acids is 1. The second kappa shape index (κ2) is 6.32. The molecule has 1 aliphatic carbocycles. The molecule has 15 heavy (non-hydrogen) atoms. The fourth-order valence-electron chi connectivity index (χ4n) is 2.02. The Balaban J connectivity index is 0.000000531. The summed E-state index contributed by atoms with van der Waals surface area (Å²) in [5.41, 5.74) is 1.20. The van der Waals surface area contributed by atoms with Gasteiger partial charge in [0, 0.05) is 12.3 Å². The van der Waals surface area contributed by atoms with Crippen LogP contribution in [0.1, 0.15) is 37.2 Å². The highest BCUT2D eigenvalue weighted by Gasteiger charge is 2.22. The molecule has 1 aromatic rings. The van der Waals surface area contributed by atoms with Crippen LogP contribution in [0, 0.1) is 0 Å². The lowest BCUT2D eigenvalue weighted by Gasteiger charge is -2.20. The molecular weight excluding hydrogens is 192 g/mol. The van der Waals surface area contributed by atoms with Crippen molar-refractivity contribution in [2.75, 3.05) is 0 Å². The Morgan fingerprint density at radius 2 is 1.73 bits per heavy atom. The van der Waals surface area contributed by atoms with E-state index < -0.39 is 0 Å². The second-order valence-electron chi connectivity index (χ2n) is 3.68. The average molecular weight is 208 g/mol. The van der Waals surface area contributed by atoms with Crippen LogP contribution in [0.15, 0.2) is 30.3 Å². The number of rotatable bonds is 1. The van der Waals surface area contributed by atoms with Crippen LogP contribution in [0.5, 0.6) is 0 Å². The molecule has 3 nitrogen and oxygen atoms in total. The number of Topliss-reactive ketones (excluding diaryl/α,β-unsaturated/α-hetero) is 1. The highest BCUT2D eigenvalue weighted by Crippen LogP contribution is 2.29. The summed E-state index contributed by atoms with van der Waals surface area (Å²) in [7, 11) is 0. The van der Waals surface area contributed by atoms with Crippen LogP contribution in [0.25, 0.3) is 0 Å². The van der Waals surface area contributed by atoms with Crippen LogP contribution in [-0.4, -0.2) is 16.3 Å². The standard InChI is InChI=1S/C12H14O.H2O2/c13-12-9-5-4-8-11(12)10-6-2-1-3-7-10;1-2/h1-3,6-7,11H,4-5,8-9H2;1-2H. The van der Waals surface area contributed by atoms with E-state index in [-0.39, 0.29) is 5.92 Å². The van der Waals surface area contributed by atoms with Gasteiger partial charge in [0.2, 0.25) is 0 Å². The molecule has 3 heteroatoms. The Kier molecular flexibility index (Phi) is 5.01. The van der Waals surface area contributed by atoms with Gasteiger partial charge in [-0.25, -0.2) is 0 Å². The highest BCUT2D eigenvalue weighted by atomic mass is 17.0. The molecule has 0 heterocycles. The van der Waals surface area contributed by atoms with E-state index in [1.165, 1.54) is 12.0 Å². The van der Waals surface area contributed by atoms with Crippen molar-refractivity contribution in [3.05, 3.63) is 35.9 Å². The minimum absolute atomic E-state index is 0.190. The third kappa shape index (κ3) is 3.15. The van der Waals surface area contributed by atoms with Crippen molar-refractivity contribution in [3.8, 4) is 0 Å². The summed E-state index contributed by atoms with van der Waals surface area (Å²) in [5.74, 6) is 0.618. The van der Waals surface area contributed by atoms with Crippen molar-refractivity contribution >= 4 is 5.78 Å². The molecule has 1 unspecified atom stereocenters.